The lowest BCUT2D eigenvalue weighted by Crippen LogP contribution is -2.43. The number of esters is 1. The molecular formula is C13H26N2O4S. The molecule has 0 atom stereocenters. The van der Waals surface area contributed by atoms with E-state index in [0.717, 1.165) is 19.3 Å². The van der Waals surface area contributed by atoms with Crippen molar-refractivity contribution in [1.82, 2.24) is 9.03 Å². The molecule has 0 spiro atoms. The minimum absolute atomic E-state index is 0.0623. The number of hydrogen-bond donors (Lipinski definition) is 1. The van der Waals surface area contributed by atoms with E-state index in [1.807, 2.05) is 0 Å². The van der Waals surface area contributed by atoms with E-state index in [-0.39, 0.29) is 18.4 Å². The number of hydrogen-bond acceptors (Lipinski definition) is 4. The van der Waals surface area contributed by atoms with Gasteiger partial charge in [-0.3, -0.25) is 4.79 Å². The number of nitrogens with zero attached hydrogens (tertiary/aromatic N) is 1. The van der Waals surface area contributed by atoms with Crippen LogP contribution in [0.25, 0.3) is 0 Å². The highest BCUT2D eigenvalue weighted by Crippen LogP contribution is 2.40. The first-order chi connectivity index (χ1) is 9.35. The molecule has 6 nitrogen and oxygen atoms in total. The molecule has 0 amide bonds. The quantitative estimate of drug-likeness (QED) is 0.686. The summed E-state index contributed by atoms with van der Waals surface area (Å²) in [5.74, 6) is -0.409. The Bertz CT molecular complexity index is 416. The lowest BCUT2D eigenvalue weighted by molar-refractivity contribution is -0.140. The van der Waals surface area contributed by atoms with Gasteiger partial charge in [-0.05, 0) is 24.7 Å². The van der Waals surface area contributed by atoms with Crippen molar-refractivity contribution in [2.45, 2.75) is 45.4 Å². The van der Waals surface area contributed by atoms with E-state index in [0.29, 0.717) is 6.54 Å². The Morgan fingerprint density at radius 1 is 1.35 bits per heavy atom. The van der Waals surface area contributed by atoms with Crippen LogP contribution in [0.15, 0.2) is 0 Å². The smallest absolute Gasteiger partial charge is 0.306 e. The Morgan fingerprint density at radius 3 is 2.45 bits per heavy atom. The number of methoxy groups -OCH3 is 1. The summed E-state index contributed by atoms with van der Waals surface area (Å²) in [5, 5.41) is 0. The molecule has 1 saturated carbocycles. The number of rotatable bonds is 8. The molecule has 0 aromatic heterocycles. The van der Waals surface area contributed by atoms with Crippen LogP contribution in [0.5, 0.6) is 0 Å². The molecule has 0 bridgehead atoms. The molecule has 20 heavy (non-hydrogen) atoms. The molecule has 0 aromatic rings. The minimum atomic E-state index is -3.52. The SMILES string of the molecule is CCC1(CNS(=O)(=O)N(C)CCC(=O)OC)CCCC1. The maximum atomic E-state index is 12.1. The Morgan fingerprint density at radius 2 is 1.95 bits per heavy atom. The molecule has 118 valence electrons. The maximum Gasteiger partial charge on any atom is 0.306 e. The molecule has 1 N–H and O–H groups in total. The van der Waals surface area contributed by atoms with Gasteiger partial charge in [-0.1, -0.05) is 19.8 Å². The molecule has 0 saturated heterocycles. The number of nitrogens with one attached hydrogen (secondary N) is 1. The van der Waals surface area contributed by atoms with Gasteiger partial charge < -0.3 is 4.74 Å². The van der Waals surface area contributed by atoms with Crippen LogP contribution in [0.1, 0.15) is 45.4 Å². The second-order valence-electron chi connectivity index (χ2n) is 5.53. The van der Waals surface area contributed by atoms with Crippen molar-refractivity contribution in [3.63, 3.8) is 0 Å². The van der Waals surface area contributed by atoms with Crippen molar-refractivity contribution < 1.29 is 17.9 Å². The Labute approximate surface area is 122 Å². The maximum absolute atomic E-state index is 12.1. The van der Waals surface area contributed by atoms with Crippen LogP contribution in [-0.4, -0.2) is 45.9 Å². The van der Waals surface area contributed by atoms with E-state index in [1.54, 1.807) is 0 Å². The normalized spacial score (nSPS) is 18.4. The van der Waals surface area contributed by atoms with Gasteiger partial charge >= 0.3 is 5.97 Å². The highest BCUT2D eigenvalue weighted by atomic mass is 32.2. The zero-order valence-corrected chi connectivity index (χ0v) is 13.5. The van der Waals surface area contributed by atoms with Gasteiger partial charge in [-0.25, -0.2) is 4.72 Å². The van der Waals surface area contributed by atoms with Gasteiger partial charge in [0.05, 0.1) is 13.5 Å². The van der Waals surface area contributed by atoms with Crippen molar-refractivity contribution in [1.29, 1.82) is 0 Å². The molecule has 1 fully saturated rings. The second-order valence-corrected chi connectivity index (χ2v) is 7.40. The first-order valence-electron chi connectivity index (χ1n) is 7.13. The summed E-state index contributed by atoms with van der Waals surface area (Å²) in [6.07, 6.45) is 5.56. The van der Waals surface area contributed by atoms with Gasteiger partial charge in [0.1, 0.15) is 0 Å². The Balaban J connectivity index is 2.49. The summed E-state index contributed by atoms with van der Waals surface area (Å²) < 4.78 is 32.6. The standard InChI is InChI=1S/C13H26N2O4S/c1-4-13(8-5-6-9-13)11-14-20(17,18)15(2)10-7-12(16)19-3/h14H,4-11H2,1-3H3. The van der Waals surface area contributed by atoms with Crippen LogP contribution < -0.4 is 4.72 Å². The van der Waals surface area contributed by atoms with E-state index < -0.39 is 16.2 Å². The zero-order valence-electron chi connectivity index (χ0n) is 12.6. The molecule has 1 rings (SSSR count). The highest BCUT2D eigenvalue weighted by molar-refractivity contribution is 7.87. The lowest BCUT2D eigenvalue weighted by atomic mass is 9.84. The van der Waals surface area contributed by atoms with Crippen LogP contribution in [0.2, 0.25) is 0 Å². The third kappa shape index (κ3) is 4.71. The van der Waals surface area contributed by atoms with E-state index in [4.69, 9.17) is 0 Å². The van der Waals surface area contributed by atoms with E-state index in [9.17, 15) is 13.2 Å². The molecule has 7 heteroatoms. The number of ether oxygens (including phenoxy) is 1. The van der Waals surface area contributed by atoms with Crippen LogP contribution in [0, 0.1) is 5.41 Å². The molecule has 0 aliphatic heterocycles. The van der Waals surface area contributed by atoms with Crippen molar-refractivity contribution in [3.8, 4) is 0 Å². The van der Waals surface area contributed by atoms with Crippen LogP contribution in [0.4, 0.5) is 0 Å². The van der Waals surface area contributed by atoms with Gasteiger partial charge in [0.2, 0.25) is 0 Å². The third-order valence-electron chi connectivity index (χ3n) is 4.31. The average molecular weight is 306 g/mol. The largest absolute Gasteiger partial charge is 0.469 e. The van der Waals surface area contributed by atoms with Crippen LogP contribution in [0.3, 0.4) is 0 Å². The van der Waals surface area contributed by atoms with Crippen molar-refractivity contribution >= 4 is 16.2 Å². The van der Waals surface area contributed by atoms with Crippen molar-refractivity contribution in [2.24, 2.45) is 5.41 Å². The summed E-state index contributed by atoms with van der Waals surface area (Å²) in [4.78, 5) is 11.0. The topological polar surface area (TPSA) is 75.7 Å². The van der Waals surface area contributed by atoms with Gasteiger partial charge in [0.15, 0.2) is 0 Å². The first-order valence-corrected chi connectivity index (χ1v) is 8.57. The lowest BCUT2D eigenvalue weighted by Gasteiger charge is -2.28. The average Bonchev–Trinajstić information content (AvgIpc) is 2.91. The highest BCUT2D eigenvalue weighted by Gasteiger charge is 2.33. The number of carbonyl (C=O) groups excluding carboxylic acids is 1. The summed E-state index contributed by atoms with van der Waals surface area (Å²) in [6.45, 7) is 2.72. The van der Waals surface area contributed by atoms with Crippen LogP contribution >= 0.6 is 0 Å². The molecule has 0 heterocycles. The molecular weight excluding hydrogens is 280 g/mol. The fraction of sp³-hybridized carbons (Fsp3) is 0.923. The van der Waals surface area contributed by atoms with Gasteiger partial charge in [-0.2, -0.15) is 12.7 Å². The van der Waals surface area contributed by atoms with E-state index in [1.165, 1.54) is 31.3 Å². The predicted octanol–water partition coefficient (Wildman–Crippen LogP) is 1.29. The Hall–Kier alpha value is -0.660. The van der Waals surface area contributed by atoms with Gasteiger partial charge in [0, 0.05) is 20.1 Å². The van der Waals surface area contributed by atoms with Crippen molar-refractivity contribution in [3.05, 3.63) is 0 Å². The van der Waals surface area contributed by atoms with Gasteiger partial charge in [-0.15, -0.1) is 0 Å². The van der Waals surface area contributed by atoms with E-state index >= 15 is 0 Å². The molecule has 0 unspecified atom stereocenters. The van der Waals surface area contributed by atoms with Crippen molar-refractivity contribution in [2.75, 3.05) is 27.2 Å². The molecule has 1 aliphatic carbocycles. The summed E-state index contributed by atoms with van der Waals surface area (Å²) >= 11 is 0. The summed E-state index contributed by atoms with van der Waals surface area (Å²) in [6, 6.07) is 0. The minimum Gasteiger partial charge on any atom is -0.469 e. The zero-order chi connectivity index (χ0) is 15.2. The molecule has 0 radical (unpaired) electrons. The predicted molar refractivity (Wildman–Crippen MR) is 77.4 cm³/mol. The fourth-order valence-electron chi connectivity index (χ4n) is 2.61. The summed E-state index contributed by atoms with van der Waals surface area (Å²) in [5.41, 5.74) is 0.107. The van der Waals surface area contributed by atoms with E-state index in [2.05, 4.69) is 16.4 Å². The van der Waals surface area contributed by atoms with Gasteiger partial charge in [0.25, 0.3) is 10.2 Å². The van der Waals surface area contributed by atoms with Crippen LogP contribution in [-0.2, 0) is 19.7 Å². The monoisotopic (exact) mass is 306 g/mol. The molecule has 0 aromatic carbocycles. The summed E-state index contributed by atoms with van der Waals surface area (Å²) in [7, 11) is -0.762. The Kier molecular flexibility index (Phi) is 6.42. The second kappa shape index (κ2) is 7.38. The first kappa shape index (κ1) is 17.4. The number of carbonyl (C=O) groups is 1. The third-order valence-corrected chi connectivity index (χ3v) is 5.82. The molecule has 1 aliphatic rings. The fourth-order valence-corrected chi connectivity index (χ4v) is 3.65.